The third kappa shape index (κ3) is 2.63. The molecule has 0 heterocycles. The molecule has 2 rings (SSSR count). The number of hydrogen-bond acceptors (Lipinski definition) is 2. The van der Waals surface area contributed by atoms with E-state index in [1.807, 2.05) is 31.2 Å². The van der Waals surface area contributed by atoms with E-state index in [2.05, 4.69) is 0 Å². The van der Waals surface area contributed by atoms with Gasteiger partial charge in [-0.1, -0.05) is 29.8 Å². The van der Waals surface area contributed by atoms with Crippen molar-refractivity contribution in [2.75, 3.05) is 0 Å². The smallest absolute Gasteiger partial charge is 0.139 e. The van der Waals surface area contributed by atoms with Gasteiger partial charge in [-0.25, -0.2) is 0 Å². The molecule has 92 valence electrons. The van der Waals surface area contributed by atoms with Crippen molar-refractivity contribution in [1.82, 2.24) is 0 Å². The Kier molecular flexibility index (Phi) is 3.53. The number of nitrogens with two attached hydrogens (primary N) is 1. The van der Waals surface area contributed by atoms with Gasteiger partial charge in [0.15, 0.2) is 0 Å². The summed E-state index contributed by atoms with van der Waals surface area (Å²) in [4.78, 5) is 0. The van der Waals surface area contributed by atoms with E-state index in [0.717, 1.165) is 5.56 Å². The summed E-state index contributed by atoms with van der Waals surface area (Å²) in [6.45, 7) is 1.98. The summed E-state index contributed by atoms with van der Waals surface area (Å²) in [5.41, 5.74) is 7.03. The van der Waals surface area contributed by atoms with E-state index in [-0.39, 0.29) is 5.84 Å². The minimum atomic E-state index is -0.108. The summed E-state index contributed by atoms with van der Waals surface area (Å²) < 4.78 is 5.73. The van der Waals surface area contributed by atoms with Gasteiger partial charge >= 0.3 is 0 Å². The Morgan fingerprint density at radius 1 is 1.22 bits per heavy atom. The van der Waals surface area contributed by atoms with Crippen molar-refractivity contribution in [1.29, 1.82) is 5.41 Å². The fourth-order valence-corrected chi connectivity index (χ4v) is 1.92. The molecule has 0 bridgehead atoms. The van der Waals surface area contributed by atoms with Gasteiger partial charge in [0, 0.05) is 0 Å². The van der Waals surface area contributed by atoms with Gasteiger partial charge in [0.05, 0.1) is 10.6 Å². The lowest BCUT2D eigenvalue weighted by molar-refractivity contribution is 0.481. The predicted molar refractivity (Wildman–Crippen MR) is 73.7 cm³/mol. The number of aryl methyl sites for hydroxylation is 1. The topological polar surface area (TPSA) is 59.1 Å². The van der Waals surface area contributed by atoms with Crippen LogP contribution in [0.25, 0.3) is 0 Å². The van der Waals surface area contributed by atoms with Crippen molar-refractivity contribution >= 4 is 17.4 Å². The highest BCUT2D eigenvalue weighted by Crippen LogP contribution is 2.30. The highest BCUT2D eigenvalue weighted by atomic mass is 35.5. The van der Waals surface area contributed by atoms with Crippen LogP contribution in [0.2, 0.25) is 5.02 Å². The molecule has 2 aromatic rings. The van der Waals surface area contributed by atoms with Gasteiger partial charge in [0.1, 0.15) is 17.3 Å². The van der Waals surface area contributed by atoms with Crippen LogP contribution in [0.3, 0.4) is 0 Å². The molecule has 0 radical (unpaired) electrons. The molecule has 0 unspecified atom stereocenters. The fraction of sp³-hybridized carbons (Fsp3) is 0.0714. The van der Waals surface area contributed by atoms with Gasteiger partial charge in [-0.05, 0) is 36.8 Å². The fourth-order valence-electron chi connectivity index (χ4n) is 1.66. The number of nitrogens with one attached hydrogen (secondary N) is 1. The van der Waals surface area contributed by atoms with Crippen LogP contribution >= 0.6 is 11.6 Å². The number of nitrogen functional groups attached to an aromatic ring is 1. The molecule has 0 saturated carbocycles. The van der Waals surface area contributed by atoms with Crippen LogP contribution < -0.4 is 10.5 Å². The number of rotatable bonds is 3. The average molecular weight is 261 g/mol. The van der Waals surface area contributed by atoms with Gasteiger partial charge in [-0.3, -0.25) is 5.41 Å². The molecule has 18 heavy (non-hydrogen) atoms. The maximum Gasteiger partial charge on any atom is 0.139 e. The zero-order valence-electron chi connectivity index (χ0n) is 9.91. The van der Waals surface area contributed by atoms with E-state index in [4.69, 9.17) is 27.5 Å². The molecule has 3 N–H and O–H groups in total. The van der Waals surface area contributed by atoms with Crippen LogP contribution in [0.4, 0.5) is 0 Å². The normalized spacial score (nSPS) is 10.1. The van der Waals surface area contributed by atoms with Crippen molar-refractivity contribution in [2.24, 2.45) is 5.73 Å². The molecule has 0 atom stereocenters. The zero-order chi connectivity index (χ0) is 13.1. The van der Waals surface area contributed by atoms with Crippen LogP contribution in [0, 0.1) is 12.3 Å². The summed E-state index contributed by atoms with van der Waals surface area (Å²) in [6, 6.07) is 12.8. The quantitative estimate of drug-likeness (QED) is 0.653. The summed E-state index contributed by atoms with van der Waals surface area (Å²) in [6.07, 6.45) is 0. The first-order valence-electron chi connectivity index (χ1n) is 5.45. The van der Waals surface area contributed by atoms with Crippen molar-refractivity contribution in [3.63, 3.8) is 0 Å². The Morgan fingerprint density at radius 2 is 1.94 bits per heavy atom. The molecule has 0 saturated heterocycles. The Hall–Kier alpha value is -2.00. The molecule has 0 aromatic heterocycles. The molecule has 0 amide bonds. The standard InChI is InChI=1S/C14H13ClN2O/c1-9-4-2-5-10(8-9)18-12-7-3-6-11(15)13(12)14(16)17/h2-8H,1H3,(H3,16,17). The summed E-state index contributed by atoms with van der Waals surface area (Å²) >= 11 is 6.02. The third-order valence-electron chi connectivity index (χ3n) is 2.46. The minimum Gasteiger partial charge on any atom is -0.457 e. The van der Waals surface area contributed by atoms with Gasteiger partial charge in [-0.2, -0.15) is 0 Å². The number of benzene rings is 2. The second kappa shape index (κ2) is 5.10. The molecule has 0 aliphatic carbocycles. The van der Waals surface area contributed by atoms with Crippen LogP contribution in [0.1, 0.15) is 11.1 Å². The van der Waals surface area contributed by atoms with Gasteiger partial charge in [-0.15, -0.1) is 0 Å². The minimum absolute atomic E-state index is 0.108. The second-order valence-corrected chi connectivity index (χ2v) is 4.35. The van der Waals surface area contributed by atoms with E-state index in [9.17, 15) is 0 Å². The highest BCUT2D eigenvalue weighted by molar-refractivity contribution is 6.34. The second-order valence-electron chi connectivity index (χ2n) is 3.95. The first-order valence-corrected chi connectivity index (χ1v) is 5.83. The van der Waals surface area contributed by atoms with Gasteiger partial charge in [0.2, 0.25) is 0 Å². The zero-order valence-corrected chi connectivity index (χ0v) is 10.7. The first kappa shape index (κ1) is 12.5. The molecular weight excluding hydrogens is 248 g/mol. The van der Waals surface area contributed by atoms with Crippen LogP contribution in [-0.4, -0.2) is 5.84 Å². The molecule has 2 aromatic carbocycles. The molecule has 0 fully saturated rings. The highest BCUT2D eigenvalue weighted by Gasteiger charge is 2.11. The molecule has 0 aliphatic heterocycles. The van der Waals surface area contributed by atoms with Crippen molar-refractivity contribution in [2.45, 2.75) is 6.92 Å². The molecule has 4 heteroatoms. The Morgan fingerprint density at radius 3 is 2.61 bits per heavy atom. The van der Waals surface area contributed by atoms with Crippen LogP contribution in [0.15, 0.2) is 42.5 Å². The Labute approximate surface area is 111 Å². The third-order valence-corrected chi connectivity index (χ3v) is 2.78. The van der Waals surface area contributed by atoms with Gasteiger partial charge in [0.25, 0.3) is 0 Å². The van der Waals surface area contributed by atoms with Crippen molar-refractivity contribution in [3.8, 4) is 11.5 Å². The Bertz CT molecular complexity index is 596. The number of ether oxygens (including phenoxy) is 1. The Balaban J connectivity index is 2.40. The number of hydrogen-bond donors (Lipinski definition) is 2. The summed E-state index contributed by atoms with van der Waals surface area (Å²) in [5, 5.41) is 7.95. The maximum atomic E-state index is 7.54. The van der Waals surface area contributed by atoms with E-state index in [1.54, 1.807) is 18.2 Å². The average Bonchev–Trinajstić information content (AvgIpc) is 2.28. The van der Waals surface area contributed by atoms with Crippen LogP contribution in [-0.2, 0) is 0 Å². The summed E-state index contributed by atoms with van der Waals surface area (Å²) in [5.74, 6) is 1.07. The molecular formula is C14H13ClN2O. The lowest BCUT2D eigenvalue weighted by Gasteiger charge is -2.11. The van der Waals surface area contributed by atoms with Crippen molar-refractivity contribution < 1.29 is 4.74 Å². The van der Waals surface area contributed by atoms with E-state index in [0.29, 0.717) is 22.1 Å². The summed E-state index contributed by atoms with van der Waals surface area (Å²) in [7, 11) is 0. The lowest BCUT2D eigenvalue weighted by atomic mass is 10.2. The molecule has 3 nitrogen and oxygen atoms in total. The lowest BCUT2D eigenvalue weighted by Crippen LogP contribution is -2.13. The van der Waals surface area contributed by atoms with Gasteiger partial charge < -0.3 is 10.5 Å². The SMILES string of the molecule is Cc1cccc(Oc2cccc(Cl)c2C(=N)N)c1. The largest absolute Gasteiger partial charge is 0.457 e. The maximum absolute atomic E-state index is 7.54. The molecule has 0 spiro atoms. The van der Waals surface area contributed by atoms with E-state index < -0.39 is 0 Å². The molecule has 0 aliphatic rings. The van der Waals surface area contributed by atoms with E-state index in [1.165, 1.54) is 0 Å². The van der Waals surface area contributed by atoms with Crippen LogP contribution in [0.5, 0.6) is 11.5 Å². The first-order chi connectivity index (χ1) is 8.58. The number of amidine groups is 1. The monoisotopic (exact) mass is 260 g/mol. The number of halogens is 1. The predicted octanol–water partition coefficient (Wildman–Crippen LogP) is 3.72. The van der Waals surface area contributed by atoms with E-state index >= 15 is 0 Å². The van der Waals surface area contributed by atoms with Crippen molar-refractivity contribution in [3.05, 3.63) is 58.6 Å².